The van der Waals surface area contributed by atoms with Crippen LogP contribution in [0.5, 0.6) is 0 Å². The van der Waals surface area contributed by atoms with E-state index in [9.17, 15) is 9.18 Å². The zero-order valence-corrected chi connectivity index (χ0v) is 12.0. The molecular weight excluding hydrogens is 265 g/mol. The van der Waals surface area contributed by atoms with Crippen LogP contribution in [0.15, 0.2) is 18.2 Å². The Kier molecular flexibility index (Phi) is 7.03. The van der Waals surface area contributed by atoms with Gasteiger partial charge in [0.1, 0.15) is 5.82 Å². The lowest BCUT2D eigenvalue weighted by Crippen LogP contribution is -2.11. The summed E-state index contributed by atoms with van der Waals surface area (Å²) in [5.41, 5.74) is 5.69. The third kappa shape index (κ3) is 5.29. The molecule has 0 aliphatic rings. The molecular formula is C15H21ClFNO. The Hall–Kier alpha value is -0.930. The van der Waals surface area contributed by atoms with E-state index in [0.717, 1.165) is 25.7 Å². The molecule has 0 saturated carbocycles. The highest BCUT2D eigenvalue weighted by Gasteiger charge is 2.14. The van der Waals surface area contributed by atoms with Gasteiger partial charge in [-0.1, -0.05) is 31.4 Å². The minimum atomic E-state index is -0.539. The summed E-state index contributed by atoms with van der Waals surface area (Å²) in [4.78, 5) is 12.0. The first-order valence-corrected chi connectivity index (χ1v) is 7.14. The highest BCUT2D eigenvalue weighted by Crippen LogP contribution is 2.21. The summed E-state index contributed by atoms with van der Waals surface area (Å²) in [6, 6.07) is 4.18. The minimum absolute atomic E-state index is 0.132. The summed E-state index contributed by atoms with van der Waals surface area (Å²) >= 11 is 5.67. The van der Waals surface area contributed by atoms with E-state index in [-0.39, 0.29) is 11.3 Å². The molecule has 0 bridgehead atoms. The zero-order chi connectivity index (χ0) is 14.3. The van der Waals surface area contributed by atoms with Crippen molar-refractivity contribution in [3.8, 4) is 0 Å². The number of hydrogen-bond acceptors (Lipinski definition) is 2. The lowest BCUT2D eigenvalue weighted by Gasteiger charge is -2.14. The van der Waals surface area contributed by atoms with Crippen LogP contribution in [0.3, 0.4) is 0 Å². The van der Waals surface area contributed by atoms with Crippen LogP contribution in [-0.4, -0.2) is 12.3 Å². The van der Waals surface area contributed by atoms with Crippen LogP contribution in [0.1, 0.15) is 49.4 Å². The quantitative estimate of drug-likeness (QED) is 0.727. The summed E-state index contributed by atoms with van der Waals surface area (Å²) in [7, 11) is 0. The zero-order valence-electron chi connectivity index (χ0n) is 11.3. The van der Waals surface area contributed by atoms with E-state index < -0.39 is 5.82 Å². The topological polar surface area (TPSA) is 43.1 Å². The van der Waals surface area contributed by atoms with Gasteiger partial charge in [0.15, 0.2) is 5.78 Å². The normalized spacial score (nSPS) is 12.4. The van der Waals surface area contributed by atoms with Gasteiger partial charge in [-0.05, 0) is 43.5 Å². The van der Waals surface area contributed by atoms with Gasteiger partial charge in [-0.15, -0.1) is 0 Å². The monoisotopic (exact) mass is 285 g/mol. The van der Waals surface area contributed by atoms with Crippen LogP contribution in [0.2, 0.25) is 5.02 Å². The van der Waals surface area contributed by atoms with Crippen molar-refractivity contribution in [2.24, 2.45) is 11.7 Å². The largest absolute Gasteiger partial charge is 0.330 e. The van der Waals surface area contributed by atoms with Gasteiger partial charge in [0.25, 0.3) is 0 Å². The number of ketones is 1. The minimum Gasteiger partial charge on any atom is -0.330 e. The second kappa shape index (κ2) is 8.28. The third-order valence-corrected chi connectivity index (χ3v) is 3.52. The first-order chi connectivity index (χ1) is 9.08. The number of nitrogens with two attached hydrogens (primary N) is 1. The Morgan fingerprint density at radius 3 is 2.68 bits per heavy atom. The molecule has 1 aromatic carbocycles. The maximum Gasteiger partial charge on any atom is 0.165 e. The van der Waals surface area contributed by atoms with Crippen molar-refractivity contribution in [2.75, 3.05) is 6.54 Å². The molecule has 0 spiro atoms. The molecule has 2 nitrogen and oxygen atoms in total. The molecule has 4 heteroatoms. The molecule has 0 aliphatic carbocycles. The van der Waals surface area contributed by atoms with Gasteiger partial charge >= 0.3 is 0 Å². The number of carbonyl (C=O) groups excluding carboxylic acids is 1. The van der Waals surface area contributed by atoms with Gasteiger partial charge in [0, 0.05) is 11.4 Å². The highest BCUT2D eigenvalue weighted by molar-refractivity contribution is 6.30. The van der Waals surface area contributed by atoms with E-state index in [2.05, 4.69) is 6.92 Å². The fraction of sp³-hybridized carbons (Fsp3) is 0.533. The molecule has 19 heavy (non-hydrogen) atoms. The van der Waals surface area contributed by atoms with E-state index in [1.165, 1.54) is 12.1 Å². The molecule has 0 amide bonds. The summed E-state index contributed by atoms with van der Waals surface area (Å²) in [6.07, 6.45) is 4.20. The molecule has 1 aromatic rings. The second-order valence-electron chi connectivity index (χ2n) is 4.82. The Bertz CT molecular complexity index is 417. The number of halogens is 2. The third-order valence-electron chi connectivity index (χ3n) is 3.28. The molecule has 0 fully saturated rings. The molecule has 0 saturated heterocycles. The van der Waals surface area contributed by atoms with E-state index in [1.54, 1.807) is 6.07 Å². The first kappa shape index (κ1) is 16.1. The van der Waals surface area contributed by atoms with Gasteiger partial charge in [-0.2, -0.15) is 0 Å². The summed E-state index contributed by atoms with van der Waals surface area (Å²) in [5.74, 6) is -0.245. The van der Waals surface area contributed by atoms with Crippen molar-refractivity contribution < 1.29 is 9.18 Å². The summed E-state index contributed by atoms with van der Waals surface area (Å²) < 4.78 is 13.6. The molecule has 1 atom stereocenters. The molecule has 2 N–H and O–H groups in total. The Morgan fingerprint density at radius 1 is 1.37 bits per heavy atom. The fourth-order valence-corrected chi connectivity index (χ4v) is 2.42. The van der Waals surface area contributed by atoms with Gasteiger partial charge in [-0.3, -0.25) is 4.79 Å². The van der Waals surface area contributed by atoms with Crippen LogP contribution in [0, 0.1) is 11.7 Å². The maximum atomic E-state index is 13.6. The average Bonchev–Trinajstić information content (AvgIpc) is 2.36. The molecule has 0 aromatic heterocycles. The molecule has 1 rings (SSSR count). The standard InChI is InChI=1S/C15H21ClFNO/c1-2-3-11(8-9-18)4-7-15(19)13-6-5-12(16)10-14(13)17/h5-6,10-11H,2-4,7-9,18H2,1H3. The summed E-state index contributed by atoms with van der Waals surface area (Å²) in [6.45, 7) is 2.75. The fourth-order valence-electron chi connectivity index (χ4n) is 2.26. The van der Waals surface area contributed by atoms with E-state index in [4.69, 9.17) is 17.3 Å². The van der Waals surface area contributed by atoms with Crippen LogP contribution < -0.4 is 5.73 Å². The average molecular weight is 286 g/mol. The van der Waals surface area contributed by atoms with Crippen molar-refractivity contribution in [3.05, 3.63) is 34.6 Å². The predicted molar refractivity (Wildman–Crippen MR) is 77.0 cm³/mol. The van der Waals surface area contributed by atoms with Gasteiger partial charge in [0.2, 0.25) is 0 Å². The van der Waals surface area contributed by atoms with Crippen molar-refractivity contribution >= 4 is 17.4 Å². The van der Waals surface area contributed by atoms with Crippen molar-refractivity contribution in [1.82, 2.24) is 0 Å². The van der Waals surface area contributed by atoms with Crippen molar-refractivity contribution in [1.29, 1.82) is 0 Å². The van der Waals surface area contributed by atoms with Crippen LogP contribution >= 0.6 is 11.6 Å². The predicted octanol–water partition coefficient (Wildman–Crippen LogP) is 4.21. The first-order valence-electron chi connectivity index (χ1n) is 6.76. The van der Waals surface area contributed by atoms with Crippen LogP contribution in [-0.2, 0) is 0 Å². The molecule has 1 unspecified atom stereocenters. The van der Waals surface area contributed by atoms with Gasteiger partial charge < -0.3 is 5.73 Å². The number of carbonyl (C=O) groups is 1. The smallest absolute Gasteiger partial charge is 0.165 e. The Labute approximate surface area is 119 Å². The SMILES string of the molecule is CCCC(CCN)CCC(=O)c1ccc(Cl)cc1F. The number of hydrogen-bond donors (Lipinski definition) is 1. The number of rotatable bonds is 8. The van der Waals surface area contributed by atoms with Crippen LogP contribution in [0.4, 0.5) is 4.39 Å². The Morgan fingerprint density at radius 2 is 2.11 bits per heavy atom. The highest BCUT2D eigenvalue weighted by atomic mass is 35.5. The lowest BCUT2D eigenvalue weighted by atomic mass is 9.92. The lowest BCUT2D eigenvalue weighted by molar-refractivity contribution is 0.0968. The molecule has 0 aliphatic heterocycles. The maximum absolute atomic E-state index is 13.6. The second-order valence-corrected chi connectivity index (χ2v) is 5.25. The van der Waals surface area contributed by atoms with Crippen molar-refractivity contribution in [3.63, 3.8) is 0 Å². The molecule has 0 heterocycles. The van der Waals surface area contributed by atoms with E-state index in [1.807, 2.05) is 0 Å². The summed E-state index contributed by atoms with van der Waals surface area (Å²) in [5, 5.41) is 0.307. The number of benzene rings is 1. The molecule has 106 valence electrons. The molecule has 0 radical (unpaired) electrons. The van der Waals surface area contributed by atoms with Crippen molar-refractivity contribution in [2.45, 2.75) is 39.0 Å². The van der Waals surface area contributed by atoms with E-state index in [0.29, 0.717) is 23.9 Å². The Balaban J connectivity index is 2.58. The van der Waals surface area contributed by atoms with Gasteiger partial charge in [0.05, 0.1) is 5.56 Å². The van der Waals surface area contributed by atoms with Crippen LogP contribution in [0.25, 0.3) is 0 Å². The van der Waals surface area contributed by atoms with E-state index >= 15 is 0 Å². The number of Topliss-reactive ketones (excluding diaryl/α,β-unsaturated/α-hetero) is 1. The van der Waals surface area contributed by atoms with Gasteiger partial charge in [-0.25, -0.2) is 4.39 Å².